The summed E-state index contributed by atoms with van der Waals surface area (Å²) in [6.45, 7) is 0. The van der Waals surface area contributed by atoms with Crippen LogP contribution in [0.2, 0.25) is 0 Å². The van der Waals surface area contributed by atoms with Crippen LogP contribution in [0.25, 0.3) is 10.3 Å². The van der Waals surface area contributed by atoms with Crippen molar-refractivity contribution in [2.45, 2.75) is 37.8 Å². The molecule has 0 amide bonds. The molecule has 0 saturated heterocycles. The lowest BCUT2D eigenvalue weighted by Gasteiger charge is -2.29. The lowest BCUT2D eigenvalue weighted by Crippen LogP contribution is -2.20. The van der Waals surface area contributed by atoms with Gasteiger partial charge in [-0.2, -0.15) is 5.10 Å². The highest BCUT2D eigenvalue weighted by molar-refractivity contribution is 7.16. The maximum absolute atomic E-state index is 4.48. The Morgan fingerprint density at radius 2 is 1.95 bits per heavy atom. The minimum atomic E-state index is 0.514. The smallest absolute Gasteiger partial charge is 0.141 e. The Morgan fingerprint density at radius 1 is 1.11 bits per heavy atom. The minimum Gasteiger partial charge on any atom is -0.327 e. The summed E-state index contributed by atoms with van der Waals surface area (Å²) in [5.74, 6) is 0. The van der Waals surface area contributed by atoms with Crippen molar-refractivity contribution in [3.63, 3.8) is 0 Å². The molecule has 0 aliphatic heterocycles. The standard InChI is InChI=1S/C13H15N5S/c1-3-11(18-8-14-7-16-18)4-2-10(1)17-9-15-13-12(17)5-6-19-13/h5-11H,1-4H2. The fourth-order valence-corrected chi connectivity index (χ4v) is 3.79. The van der Waals surface area contributed by atoms with Crippen LogP contribution in [0.5, 0.6) is 0 Å². The van der Waals surface area contributed by atoms with Crippen molar-refractivity contribution in [1.29, 1.82) is 0 Å². The average Bonchev–Trinajstić information content (AvgIpc) is 3.16. The Morgan fingerprint density at radius 3 is 2.74 bits per heavy atom. The third-order valence-corrected chi connectivity index (χ3v) is 4.88. The minimum absolute atomic E-state index is 0.514. The van der Waals surface area contributed by atoms with Gasteiger partial charge in [0.2, 0.25) is 0 Å². The molecule has 0 unspecified atom stereocenters. The Hall–Kier alpha value is -1.69. The van der Waals surface area contributed by atoms with E-state index in [-0.39, 0.29) is 0 Å². The fourth-order valence-electron chi connectivity index (χ4n) is 3.06. The van der Waals surface area contributed by atoms with E-state index in [1.54, 1.807) is 17.7 Å². The van der Waals surface area contributed by atoms with Gasteiger partial charge in [0.25, 0.3) is 0 Å². The Kier molecular flexibility index (Phi) is 2.61. The van der Waals surface area contributed by atoms with E-state index in [0.29, 0.717) is 12.1 Å². The lowest BCUT2D eigenvalue weighted by molar-refractivity contribution is 0.264. The number of thiophene rings is 1. The molecule has 1 aliphatic rings. The summed E-state index contributed by atoms with van der Waals surface area (Å²) in [5.41, 5.74) is 1.29. The summed E-state index contributed by atoms with van der Waals surface area (Å²) in [7, 11) is 0. The molecule has 3 heterocycles. The molecule has 5 nitrogen and oxygen atoms in total. The van der Waals surface area contributed by atoms with Crippen LogP contribution in [0.1, 0.15) is 37.8 Å². The molecule has 3 aromatic rings. The predicted molar refractivity (Wildman–Crippen MR) is 74.2 cm³/mol. The molecule has 0 bridgehead atoms. The molecule has 1 aliphatic carbocycles. The molecule has 0 spiro atoms. The molecule has 98 valence electrons. The number of nitrogens with zero attached hydrogens (tertiary/aromatic N) is 5. The number of aromatic nitrogens is 5. The molecular weight excluding hydrogens is 258 g/mol. The van der Waals surface area contributed by atoms with Crippen LogP contribution in [0.3, 0.4) is 0 Å². The van der Waals surface area contributed by atoms with E-state index >= 15 is 0 Å². The first kappa shape index (κ1) is 11.2. The molecule has 3 aromatic heterocycles. The topological polar surface area (TPSA) is 48.5 Å². The molecule has 0 atom stereocenters. The van der Waals surface area contributed by atoms with Gasteiger partial charge < -0.3 is 4.57 Å². The van der Waals surface area contributed by atoms with Gasteiger partial charge in [-0.15, -0.1) is 11.3 Å². The van der Waals surface area contributed by atoms with Crippen LogP contribution >= 0.6 is 11.3 Å². The second-order valence-electron chi connectivity index (χ2n) is 5.10. The van der Waals surface area contributed by atoms with Crippen molar-refractivity contribution in [1.82, 2.24) is 24.3 Å². The first-order valence-corrected chi connectivity index (χ1v) is 7.54. The van der Waals surface area contributed by atoms with E-state index in [9.17, 15) is 0 Å². The van der Waals surface area contributed by atoms with Crippen LogP contribution in [-0.2, 0) is 0 Å². The first-order chi connectivity index (χ1) is 9.42. The monoisotopic (exact) mass is 273 g/mol. The second-order valence-corrected chi connectivity index (χ2v) is 6.00. The van der Waals surface area contributed by atoms with Gasteiger partial charge in [-0.1, -0.05) is 0 Å². The van der Waals surface area contributed by atoms with Gasteiger partial charge in [0, 0.05) is 6.04 Å². The molecular formula is C13H15N5S. The molecule has 0 radical (unpaired) electrons. The summed E-state index contributed by atoms with van der Waals surface area (Å²) in [5, 5.41) is 6.38. The Bertz CT molecular complexity index is 660. The maximum Gasteiger partial charge on any atom is 0.141 e. The normalized spacial score (nSPS) is 24.0. The van der Waals surface area contributed by atoms with Crippen LogP contribution < -0.4 is 0 Å². The van der Waals surface area contributed by atoms with Crippen LogP contribution in [-0.4, -0.2) is 24.3 Å². The van der Waals surface area contributed by atoms with Gasteiger partial charge in [-0.05, 0) is 37.1 Å². The van der Waals surface area contributed by atoms with Crippen LogP contribution in [0, 0.1) is 0 Å². The van der Waals surface area contributed by atoms with E-state index in [1.165, 1.54) is 18.4 Å². The number of rotatable bonds is 2. The van der Waals surface area contributed by atoms with Crippen molar-refractivity contribution < 1.29 is 0 Å². The highest BCUT2D eigenvalue weighted by Gasteiger charge is 2.24. The quantitative estimate of drug-likeness (QED) is 0.721. The summed E-state index contributed by atoms with van der Waals surface area (Å²) < 4.78 is 4.35. The molecule has 1 saturated carbocycles. The number of imidazole rings is 1. The van der Waals surface area contributed by atoms with E-state index in [4.69, 9.17) is 0 Å². The fraction of sp³-hybridized carbons (Fsp3) is 0.462. The van der Waals surface area contributed by atoms with Crippen LogP contribution in [0.4, 0.5) is 0 Å². The van der Waals surface area contributed by atoms with E-state index in [1.807, 2.05) is 17.3 Å². The van der Waals surface area contributed by atoms with Gasteiger partial charge in [-0.3, -0.25) is 0 Å². The van der Waals surface area contributed by atoms with Gasteiger partial charge in [0.15, 0.2) is 0 Å². The molecule has 6 heteroatoms. The van der Waals surface area contributed by atoms with Crippen molar-refractivity contribution in [3.05, 3.63) is 30.4 Å². The van der Waals surface area contributed by atoms with Crippen molar-refractivity contribution in [2.24, 2.45) is 0 Å². The third-order valence-electron chi connectivity index (χ3n) is 4.07. The molecule has 0 N–H and O–H groups in total. The number of fused-ring (bicyclic) bond motifs is 1. The summed E-state index contributed by atoms with van der Waals surface area (Å²) in [6.07, 6.45) is 10.2. The van der Waals surface area contributed by atoms with Crippen molar-refractivity contribution in [2.75, 3.05) is 0 Å². The predicted octanol–water partition coefficient (Wildman–Crippen LogP) is 3.05. The first-order valence-electron chi connectivity index (χ1n) is 6.66. The molecule has 19 heavy (non-hydrogen) atoms. The average molecular weight is 273 g/mol. The summed E-state index contributed by atoms with van der Waals surface area (Å²) in [6, 6.07) is 3.27. The van der Waals surface area contributed by atoms with E-state index in [2.05, 4.69) is 31.1 Å². The maximum atomic E-state index is 4.48. The largest absolute Gasteiger partial charge is 0.327 e. The Labute approximate surface area is 114 Å². The molecule has 4 rings (SSSR count). The van der Waals surface area contributed by atoms with E-state index < -0.39 is 0 Å². The Balaban J connectivity index is 1.53. The zero-order valence-corrected chi connectivity index (χ0v) is 11.3. The lowest BCUT2D eigenvalue weighted by atomic mass is 9.91. The molecule has 0 aromatic carbocycles. The summed E-state index contributed by atoms with van der Waals surface area (Å²) >= 11 is 1.72. The van der Waals surface area contributed by atoms with Crippen molar-refractivity contribution >= 4 is 21.7 Å². The van der Waals surface area contributed by atoms with Crippen LogP contribution in [0.15, 0.2) is 30.4 Å². The highest BCUT2D eigenvalue weighted by Crippen LogP contribution is 2.36. The van der Waals surface area contributed by atoms with Gasteiger partial charge in [-0.25, -0.2) is 14.6 Å². The highest BCUT2D eigenvalue weighted by atomic mass is 32.1. The van der Waals surface area contributed by atoms with Gasteiger partial charge >= 0.3 is 0 Å². The number of hydrogen-bond donors (Lipinski definition) is 0. The molecule has 1 fully saturated rings. The van der Waals surface area contributed by atoms with Gasteiger partial charge in [0.1, 0.15) is 17.5 Å². The number of hydrogen-bond acceptors (Lipinski definition) is 4. The van der Waals surface area contributed by atoms with E-state index in [0.717, 1.165) is 17.7 Å². The summed E-state index contributed by atoms with van der Waals surface area (Å²) in [4.78, 5) is 9.67. The van der Waals surface area contributed by atoms with Gasteiger partial charge in [0.05, 0.1) is 17.9 Å². The van der Waals surface area contributed by atoms with Crippen molar-refractivity contribution in [3.8, 4) is 0 Å². The second kappa shape index (κ2) is 4.45. The SMILES string of the molecule is c1ncn(C2CCC(n3cnc4sccc43)CC2)n1. The zero-order valence-electron chi connectivity index (χ0n) is 10.5. The third kappa shape index (κ3) is 1.87. The zero-order chi connectivity index (χ0) is 12.7.